The number of hydroxylamine groups is 3. The molecular formula is C11H26NO3+. The molecule has 0 aromatic heterocycles. The van der Waals surface area contributed by atoms with Crippen molar-refractivity contribution in [3.63, 3.8) is 0 Å². The molecule has 0 amide bonds. The summed E-state index contributed by atoms with van der Waals surface area (Å²) in [4.78, 5) is 16.8. The van der Waals surface area contributed by atoms with Crippen molar-refractivity contribution in [3.8, 4) is 0 Å². The van der Waals surface area contributed by atoms with E-state index in [1.165, 1.54) is 0 Å². The van der Waals surface area contributed by atoms with Gasteiger partial charge in [0.1, 0.15) is 19.8 Å². The Morgan fingerprint density at radius 1 is 0.667 bits per heavy atom. The second-order valence-corrected chi connectivity index (χ2v) is 3.43. The predicted molar refractivity (Wildman–Crippen MR) is 59.5 cm³/mol. The van der Waals surface area contributed by atoms with Crippen molar-refractivity contribution in [2.75, 3.05) is 26.4 Å². The van der Waals surface area contributed by atoms with E-state index < -0.39 is 0 Å². The summed E-state index contributed by atoms with van der Waals surface area (Å²) in [6.07, 6.45) is 2.89. The highest BCUT2D eigenvalue weighted by molar-refractivity contribution is 4.19. The van der Waals surface area contributed by atoms with Gasteiger partial charge < -0.3 is 0 Å². The van der Waals surface area contributed by atoms with Crippen LogP contribution in [0.1, 0.15) is 47.0 Å². The Morgan fingerprint density at radius 2 is 1.00 bits per heavy atom. The number of nitrogens with zero attached hydrogens (tertiary/aromatic N) is 1. The van der Waals surface area contributed by atoms with E-state index in [9.17, 15) is 0 Å². The zero-order chi connectivity index (χ0) is 11.6. The van der Waals surface area contributed by atoms with Crippen LogP contribution in [0.2, 0.25) is 0 Å². The van der Waals surface area contributed by atoms with E-state index in [0.29, 0.717) is 26.4 Å². The largest absolute Gasteiger partial charge is 0.175 e. The number of rotatable bonds is 10. The van der Waals surface area contributed by atoms with Crippen LogP contribution in [0.5, 0.6) is 0 Å². The van der Waals surface area contributed by atoms with Crippen LogP contribution in [0, 0.1) is 0 Å². The third-order valence-electron chi connectivity index (χ3n) is 1.86. The maximum absolute atomic E-state index is 5.63. The quantitative estimate of drug-likeness (QED) is 0.418. The molecule has 0 aliphatic rings. The van der Waals surface area contributed by atoms with Crippen LogP contribution in [-0.4, -0.2) is 31.3 Å². The Morgan fingerprint density at radius 3 is 1.20 bits per heavy atom. The molecule has 15 heavy (non-hydrogen) atoms. The molecule has 4 nitrogen and oxygen atoms in total. The molecule has 0 atom stereocenters. The molecule has 0 spiro atoms. The lowest BCUT2D eigenvalue weighted by atomic mass is 10.5. The van der Waals surface area contributed by atoms with Gasteiger partial charge in [-0.2, -0.15) is 0 Å². The molecule has 0 saturated heterocycles. The predicted octanol–water partition coefficient (Wildman–Crippen LogP) is 2.85. The van der Waals surface area contributed by atoms with Crippen LogP contribution >= 0.6 is 0 Å². The van der Waals surface area contributed by atoms with Crippen LogP contribution < -0.4 is 0 Å². The molecular weight excluding hydrogens is 194 g/mol. The molecule has 0 aliphatic heterocycles. The Hall–Kier alpha value is -0.160. The first-order chi connectivity index (χ1) is 7.24. The second-order valence-electron chi connectivity index (χ2n) is 3.43. The Bertz CT molecular complexity index is 120. The highest BCUT2D eigenvalue weighted by atomic mass is 17.2. The van der Waals surface area contributed by atoms with Gasteiger partial charge >= 0.3 is 0 Å². The van der Waals surface area contributed by atoms with Crippen LogP contribution in [0.15, 0.2) is 0 Å². The van der Waals surface area contributed by atoms with Crippen LogP contribution in [-0.2, 0) is 14.5 Å². The summed E-state index contributed by atoms with van der Waals surface area (Å²) < 4.78 is 0. The lowest BCUT2D eigenvalue weighted by Crippen LogP contribution is -2.48. The fraction of sp³-hybridized carbons (Fsp3) is 1.00. The van der Waals surface area contributed by atoms with Crippen molar-refractivity contribution in [2.45, 2.75) is 47.0 Å². The van der Waals surface area contributed by atoms with Gasteiger partial charge in [0.15, 0.2) is 6.54 Å². The Kier molecular flexibility index (Phi) is 9.00. The third kappa shape index (κ3) is 6.10. The summed E-state index contributed by atoms with van der Waals surface area (Å²) in [7, 11) is 0. The third-order valence-corrected chi connectivity index (χ3v) is 1.86. The van der Waals surface area contributed by atoms with Gasteiger partial charge in [-0.1, -0.05) is 20.8 Å². The van der Waals surface area contributed by atoms with Crippen LogP contribution in [0.4, 0.5) is 0 Å². The number of quaternary nitrogens is 1. The van der Waals surface area contributed by atoms with Gasteiger partial charge in [-0.3, -0.25) is 0 Å². The van der Waals surface area contributed by atoms with E-state index in [1.54, 1.807) is 0 Å². The summed E-state index contributed by atoms with van der Waals surface area (Å²) in [5.74, 6) is 0. The minimum absolute atomic E-state index is 0.116. The topological polar surface area (TPSA) is 27.7 Å². The molecule has 0 unspecified atom stereocenters. The maximum Gasteiger partial charge on any atom is 0.175 e. The Balaban J connectivity index is 4.16. The summed E-state index contributed by atoms with van der Waals surface area (Å²) in [5.41, 5.74) is 0. The van der Waals surface area contributed by atoms with E-state index >= 15 is 0 Å². The SMILES string of the molecule is CCCO[N+](CC)(OCCC)OCCC. The molecule has 0 bridgehead atoms. The molecule has 0 fully saturated rings. The molecule has 0 aromatic rings. The first-order valence-electron chi connectivity index (χ1n) is 6.06. The van der Waals surface area contributed by atoms with E-state index in [1.807, 2.05) is 6.92 Å². The molecule has 0 heterocycles. The zero-order valence-corrected chi connectivity index (χ0v) is 10.6. The molecule has 0 saturated carbocycles. The van der Waals surface area contributed by atoms with Crippen molar-refractivity contribution in [1.82, 2.24) is 0 Å². The van der Waals surface area contributed by atoms with E-state index in [-0.39, 0.29) is 4.97 Å². The van der Waals surface area contributed by atoms with Crippen LogP contribution in [0.25, 0.3) is 0 Å². The van der Waals surface area contributed by atoms with E-state index in [0.717, 1.165) is 19.3 Å². The first-order valence-corrected chi connectivity index (χ1v) is 6.06. The standard InChI is InChI=1S/C11H26NO3/c1-5-9-13-12(8-4,14-10-6-2)15-11-7-3/h5-11H2,1-4H3/q+1. The molecule has 0 N–H and O–H groups in total. The summed E-state index contributed by atoms with van der Waals surface area (Å²) in [6.45, 7) is 10.8. The van der Waals surface area contributed by atoms with Crippen molar-refractivity contribution < 1.29 is 19.5 Å². The zero-order valence-electron chi connectivity index (χ0n) is 10.6. The van der Waals surface area contributed by atoms with Gasteiger partial charge in [0.25, 0.3) is 0 Å². The van der Waals surface area contributed by atoms with E-state index in [2.05, 4.69) is 20.8 Å². The molecule has 0 aromatic carbocycles. The van der Waals surface area contributed by atoms with Gasteiger partial charge in [0, 0.05) is 0 Å². The fourth-order valence-corrected chi connectivity index (χ4v) is 1.08. The molecule has 0 aliphatic carbocycles. The smallest absolute Gasteiger partial charge is 0.132 e. The first kappa shape index (κ1) is 14.8. The van der Waals surface area contributed by atoms with Gasteiger partial charge in [-0.15, -0.1) is 14.5 Å². The average Bonchev–Trinajstić information content (AvgIpc) is 2.29. The molecule has 4 heteroatoms. The van der Waals surface area contributed by atoms with Gasteiger partial charge in [0.2, 0.25) is 0 Å². The van der Waals surface area contributed by atoms with Gasteiger partial charge in [-0.05, 0) is 26.2 Å². The van der Waals surface area contributed by atoms with Crippen molar-refractivity contribution in [2.24, 2.45) is 0 Å². The summed E-state index contributed by atoms with van der Waals surface area (Å²) in [5, 5.41) is 0. The highest BCUT2D eigenvalue weighted by Gasteiger charge is 2.32. The number of hydrogen-bond donors (Lipinski definition) is 0. The van der Waals surface area contributed by atoms with Gasteiger partial charge in [0.05, 0.1) is 4.97 Å². The Labute approximate surface area is 93.6 Å². The minimum Gasteiger partial charge on any atom is -0.132 e. The second kappa shape index (κ2) is 9.09. The maximum atomic E-state index is 5.63. The normalized spacial score (nSPS) is 12.0. The monoisotopic (exact) mass is 220 g/mol. The lowest BCUT2D eigenvalue weighted by Gasteiger charge is -2.28. The van der Waals surface area contributed by atoms with Crippen molar-refractivity contribution >= 4 is 0 Å². The van der Waals surface area contributed by atoms with Gasteiger partial charge in [-0.25, -0.2) is 0 Å². The fourth-order valence-electron chi connectivity index (χ4n) is 1.08. The summed E-state index contributed by atoms with van der Waals surface area (Å²) >= 11 is 0. The lowest BCUT2D eigenvalue weighted by molar-refractivity contribution is -1.37. The number of hydrogen-bond acceptors (Lipinski definition) is 3. The highest BCUT2D eigenvalue weighted by Crippen LogP contribution is 2.12. The molecule has 0 radical (unpaired) electrons. The van der Waals surface area contributed by atoms with Crippen molar-refractivity contribution in [1.29, 1.82) is 0 Å². The van der Waals surface area contributed by atoms with Crippen LogP contribution in [0.3, 0.4) is 0 Å². The average molecular weight is 220 g/mol. The molecule has 0 rings (SSSR count). The summed E-state index contributed by atoms with van der Waals surface area (Å²) in [6, 6.07) is 0. The molecule has 92 valence electrons. The van der Waals surface area contributed by atoms with Crippen molar-refractivity contribution in [3.05, 3.63) is 0 Å². The van der Waals surface area contributed by atoms with E-state index in [4.69, 9.17) is 14.5 Å². The minimum atomic E-state index is -0.116.